The minimum Gasteiger partial charge on any atom is -0.481 e. The highest BCUT2D eigenvalue weighted by atomic mass is 32.1. The molecule has 0 atom stereocenters. The number of carbonyl (C=O) groups is 1. The average Bonchev–Trinajstić information content (AvgIpc) is 2.03. The van der Waals surface area contributed by atoms with Gasteiger partial charge in [0.1, 0.15) is 0 Å². The molecule has 0 aliphatic carbocycles. The Morgan fingerprint density at radius 3 is 2.07 bits per heavy atom. The fraction of sp³-hybridized carbons (Fsp3) is 0.125. The van der Waals surface area contributed by atoms with Crippen molar-refractivity contribution in [1.29, 1.82) is 0 Å². The fourth-order valence-corrected chi connectivity index (χ4v) is 0.723. The van der Waals surface area contributed by atoms with Gasteiger partial charge in [-0.2, -0.15) is 0 Å². The van der Waals surface area contributed by atoms with Crippen LogP contribution in [0, 0.1) is 10.1 Å². The van der Waals surface area contributed by atoms with Crippen LogP contribution in [0.25, 0.3) is 0 Å². The molecule has 0 saturated heterocycles. The molecule has 0 aliphatic rings. The Morgan fingerprint density at radius 1 is 1.43 bits per heavy atom. The molecule has 0 spiro atoms. The van der Waals surface area contributed by atoms with Gasteiger partial charge in [-0.15, -0.1) is 12.6 Å². The van der Waals surface area contributed by atoms with Crippen LogP contribution in [0.4, 0.5) is 5.69 Å². The molecule has 0 unspecified atom stereocenters. The number of carboxylic acid groups (broad SMARTS) is 1. The summed E-state index contributed by atoms with van der Waals surface area (Å²) < 4.78 is 0. The van der Waals surface area contributed by atoms with Crippen molar-refractivity contribution in [3.05, 3.63) is 34.4 Å². The molecular formula is C8H9NO4S. The van der Waals surface area contributed by atoms with Crippen LogP contribution in [0.3, 0.4) is 0 Å². The van der Waals surface area contributed by atoms with Gasteiger partial charge in [-0.3, -0.25) is 14.9 Å². The van der Waals surface area contributed by atoms with E-state index >= 15 is 0 Å². The predicted molar refractivity (Wildman–Crippen MR) is 53.7 cm³/mol. The second kappa shape index (κ2) is 5.98. The van der Waals surface area contributed by atoms with Crippen LogP contribution in [0.2, 0.25) is 0 Å². The van der Waals surface area contributed by atoms with Crippen LogP contribution < -0.4 is 0 Å². The van der Waals surface area contributed by atoms with E-state index in [0.717, 1.165) is 11.8 Å². The first kappa shape index (κ1) is 12.4. The molecule has 1 N–H and O–H groups in total. The van der Waals surface area contributed by atoms with Gasteiger partial charge in [0.25, 0.3) is 11.7 Å². The molecule has 1 aromatic carbocycles. The molecule has 5 nitrogen and oxygen atoms in total. The molecule has 14 heavy (non-hydrogen) atoms. The van der Waals surface area contributed by atoms with Gasteiger partial charge in [-0.1, -0.05) is 0 Å². The van der Waals surface area contributed by atoms with E-state index in [0.29, 0.717) is 0 Å². The van der Waals surface area contributed by atoms with Gasteiger partial charge < -0.3 is 5.11 Å². The minimum atomic E-state index is -0.833. The molecule has 0 aliphatic heterocycles. The maximum absolute atomic E-state index is 10.1. The van der Waals surface area contributed by atoms with Crippen LogP contribution in [0.5, 0.6) is 0 Å². The zero-order chi connectivity index (χ0) is 11.1. The second-order valence-electron chi connectivity index (χ2n) is 2.29. The molecule has 1 rings (SSSR count). The summed E-state index contributed by atoms with van der Waals surface area (Å²) in [4.78, 5) is 19.4. The van der Waals surface area contributed by atoms with Gasteiger partial charge in [0, 0.05) is 24.0 Å². The third kappa shape index (κ3) is 6.01. The molecule has 0 saturated carbocycles. The van der Waals surface area contributed by atoms with Crippen LogP contribution in [0.15, 0.2) is 29.2 Å². The number of aliphatic carboxylic acids is 1. The Morgan fingerprint density at radius 2 is 1.79 bits per heavy atom. The van der Waals surface area contributed by atoms with Crippen LogP contribution >= 0.6 is 12.6 Å². The van der Waals surface area contributed by atoms with Gasteiger partial charge in [-0.05, 0) is 12.1 Å². The first-order valence-electron chi connectivity index (χ1n) is 3.56. The number of hydrogen-bond acceptors (Lipinski definition) is 4. The number of rotatable bonds is 1. The van der Waals surface area contributed by atoms with E-state index in [1.54, 1.807) is 12.1 Å². The average molecular weight is 215 g/mol. The fourth-order valence-electron chi connectivity index (χ4n) is 0.574. The molecule has 0 aromatic heterocycles. The van der Waals surface area contributed by atoms with E-state index in [-0.39, 0.29) is 5.69 Å². The second-order valence-corrected chi connectivity index (χ2v) is 2.81. The van der Waals surface area contributed by atoms with Crippen molar-refractivity contribution >= 4 is 24.3 Å². The largest absolute Gasteiger partial charge is 0.481 e. The van der Waals surface area contributed by atoms with Crippen molar-refractivity contribution in [2.24, 2.45) is 0 Å². The lowest BCUT2D eigenvalue weighted by molar-refractivity contribution is -0.384. The van der Waals surface area contributed by atoms with Gasteiger partial charge >= 0.3 is 0 Å². The summed E-state index contributed by atoms with van der Waals surface area (Å²) in [6.45, 7) is 1.08. The number of nitro benzene ring substituents is 1. The summed E-state index contributed by atoms with van der Waals surface area (Å²) in [7, 11) is 0. The zero-order valence-corrected chi connectivity index (χ0v) is 8.27. The number of benzene rings is 1. The van der Waals surface area contributed by atoms with E-state index in [1.165, 1.54) is 12.1 Å². The van der Waals surface area contributed by atoms with Crippen LogP contribution in [0.1, 0.15) is 6.92 Å². The molecule has 6 heteroatoms. The summed E-state index contributed by atoms with van der Waals surface area (Å²) in [5, 5.41) is 17.5. The Labute approximate surface area is 85.9 Å². The third-order valence-corrected chi connectivity index (χ3v) is 1.36. The predicted octanol–water partition coefficient (Wildman–Crippen LogP) is 1.97. The monoisotopic (exact) mass is 215 g/mol. The quantitative estimate of drug-likeness (QED) is 0.426. The smallest absolute Gasteiger partial charge is 0.300 e. The Balaban J connectivity index is 0.000000364. The molecule has 0 bridgehead atoms. The van der Waals surface area contributed by atoms with Crippen molar-refractivity contribution in [3.63, 3.8) is 0 Å². The molecule has 0 amide bonds. The summed E-state index contributed by atoms with van der Waals surface area (Å²) in [5.74, 6) is -0.833. The highest BCUT2D eigenvalue weighted by Gasteiger charge is 2.00. The van der Waals surface area contributed by atoms with Crippen molar-refractivity contribution in [3.8, 4) is 0 Å². The standard InChI is InChI=1S/C6H5NO2S.C2H4O2/c8-7(9)5-1-3-6(10)4-2-5;1-2(3)4/h1-4,10H;1H3,(H,3,4). The van der Waals surface area contributed by atoms with Crippen LogP contribution in [-0.2, 0) is 4.79 Å². The molecular weight excluding hydrogens is 206 g/mol. The van der Waals surface area contributed by atoms with E-state index in [4.69, 9.17) is 9.90 Å². The first-order valence-corrected chi connectivity index (χ1v) is 4.01. The highest BCUT2D eigenvalue weighted by molar-refractivity contribution is 7.80. The highest BCUT2D eigenvalue weighted by Crippen LogP contribution is 2.13. The van der Waals surface area contributed by atoms with Crippen molar-refractivity contribution < 1.29 is 14.8 Å². The van der Waals surface area contributed by atoms with E-state index in [9.17, 15) is 10.1 Å². The molecule has 76 valence electrons. The van der Waals surface area contributed by atoms with E-state index < -0.39 is 10.9 Å². The maximum atomic E-state index is 10.1. The van der Waals surface area contributed by atoms with Crippen molar-refractivity contribution in [2.75, 3.05) is 0 Å². The number of non-ortho nitro benzene ring substituents is 1. The normalized spacial score (nSPS) is 8.43. The Hall–Kier alpha value is -1.56. The number of nitro groups is 1. The molecule has 0 fully saturated rings. The zero-order valence-electron chi connectivity index (χ0n) is 7.38. The van der Waals surface area contributed by atoms with Gasteiger partial charge in [0.2, 0.25) is 0 Å². The topological polar surface area (TPSA) is 80.4 Å². The van der Waals surface area contributed by atoms with Crippen molar-refractivity contribution in [1.82, 2.24) is 0 Å². The molecule has 1 aromatic rings. The number of hydrogen-bond donors (Lipinski definition) is 2. The van der Waals surface area contributed by atoms with Gasteiger partial charge in [0.05, 0.1) is 4.92 Å². The van der Waals surface area contributed by atoms with Gasteiger partial charge in [0.15, 0.2) is 0 Å². The summed E-state index contributed by atoms with van der Waals surface area (Å²) in [6.07, 6.45) is 0. The lowest BCUT2D eigenvalue weighted by Crippen LogP contribution is -1.85. The van der Waals surface area contributed by atoms with E-state index in [1.807, 2.05) is 0 Å². The van der Waals surface area contributed by atoms with Gasteiger partial charge in [-0.25, -0.2) is 0 Å². The SMILES string of the molecule is CC(=O)O.O=[N+]([O-])c1ccc(S)cc1. The summed E-state index contributed by atoms with van der Waals surface area (Å²) in [6, 6.07) is 6.01. The molecule has 0 radical (unpaired) electrons. The minimum absolute atomic E-state index is 0.0952. The number of carboxylic acids is 1. The lowest BCUT2D eigenvalue weighted by Gasteiger charge is -1.89. The third-order valence-electron chi connectivity index (χ3n) is 1.06. The molecule has 0 heterocycles. The van der Waals surface area contributed by atoms with E-state index in [2.05, 4.69) is 12.6 Å². The summed E-state index contributed by atoms with van der Waals surface area (Å²) >= 11 is 3.98. The Bertz CT molecular complexity index is 319. The van der Waals surface area contributed by atoms with Crippen LogP contribution in [-0.4, -0.2) is 16.0 Å². The lowest BCUT2D eigenvalue weighted by atomic mass is 10.3. The summed E-state index contributed by atoms with van der Waals surface area (Å²) in [5.41, 5.74) is 0.0952. The maximum Gasteiger partial charge on any atom is 0.300 e. The number of thiol groups is 1. The number of nitrogens with zero attached hydrogens (tertiary/aromatic N) is 1. The first-order chi connectivity index (χ1) is 6.43. The van der Waals surface area contributed by atoms with Crippen molar-refractivity contribution in [2.45, 2.75) is 11.8 Å². The Kier molecular flexibility index (Phi) is 5.31.